The number of non-ortho nitro benzene ring substituents is 1. The van der Waals surface area contributed by atoms with Crippen molar-refractivity contribution in [3.05, 3.63) is 75.7 Å². The van der Waals surface area contributed by atoms with Crippen LogP contribution in [0.5, 0.6) is 0 Å². The number of hydrogen-bond acceptors (Lipinski definition) is 5. The molecule has 0 spiro atoms. The zero-order chi connectivity index (χ0) is 18.0. The summed E-state index contributed by atoms with van der Waals surface area (Å²) in [5, 5.41) is 14.3. The van der Waals surface area contributed by atoms with Crippen LogP contribution >= 0.6 is 0 Å². The van der Waals surface area contributed by atoms with E-state index in [4.69, 9.17) is 0 Å². The first-order valence-corrected chi connectivity index (χ1v) is 7.74. The number of rotatable bonds is 4. The Kier molecular flexibility index (Phi) is 4.38. The Hall–Kier alpha value is -3.35. The van der Waals surface area contributed by atoms with Gasteiger partial charge in [0.1, 0.15) is 11.5 Å². The molecule has 1 atom stereocenters. The predicted octanol–water partition coefficient (Wildman–Crippen LogP) is 3.34. The number of fused-ring (bicyclic) bond motifs is 1. The number of nitrogens with zero attached hydrogens (tertiary/aromatic N) is 3. The van der Waals surface area contributed by atoms with Crippen LogP contribution in [0.25, 0.3) is 10.9 Å². The second-order valence-electron chi connectivity index (χ2n) is 5.68. The third kappa shape index (κ3) is 3.45. The normalized spacial score (nSPS) is 11.9. The number of aromatic nitrogens is 2. The van der Waals surface area contributed by atoms with Gasteiger partial charge in [-0.05, 0) is 25.5 Å². The van der Waals surface area contributed by atoms with Crippen molar-refractivity contribution in [2.24, 2.45) is 0 Å². The van der Waals surface area contributed by atoms with Crippen molar-refractivity contribution in [1.29, 1.82) is 0 Å². The van der Waals surface area contributed by atoms with Crippen LogP contribution in [-0.4, -0.2) is 20.8 Å². The summed E-state index contributed by atoms with van der Waals surface area (Å²) in [5.41, 5.74) is 1.81. The third-order valence-corrected chi connectivity index (χ3v) is 3.88. The molecule has 126 valence electrons. The molecule has 1 amide bonds. The molecule has 2 aromatic carbocycles. The van der Waals surface area contributed by atoms with E-state index in [-0.39, 0.29) is 17.6 Å². The summed E-state index contributed by atoms with van der Waals surface area (Å²) in [6.45, 7) is 3.55. The van der Waals surface area contributed by atoms with Crippen molar-refractivity contribution in [1.82, 2.24) is 15.3 Å². The van der Waals surface area contributed by atoms with Crippen molar-refractivity contribution in [2.75, 3.05) is 0 Å². The van der Waals surface area contributed by atoms with Gasteiger partial charge in [-0.1, -0.05) is 30.3 Å². The molecule has 1 aromatic heterocycles. The molecule has 0 aliphatic rings. The van der Waals surface area contributed by atoms with Gasteiger partial charge in [0.15, 0.2) is 0 Å². The molecular formula is C18H16N4O3. The summed E-state index contributed by atoms with van der Waals surface area (Å²) in [6, 6.07) is 13.1. The first-order chi connectivity index (χ1) is 12.0. The van der Waals surface area contributed by atoms with Crippen LogP contribution < -0.4 is 5.32 Å². The lowest BCUT2D eigenvalue weighted by Gasteiger charge is -2.15. The Balaban J connectivity index is 1.86. The molecule has 1 heterocycles. The van der Waals surface area contributed by atoms with Gasteiger partial charge in [0.2, 0.25) is 0 Å². The average Bonchev–Trinajstić information content (AvgIpc) is 2.60. The molecule has 0 saturated carbocycles. The van der Waals surface area contributed by atoms with E-state index in [2.05, 4.69) is 15.3 Å². The maximum absolute atomic E-state index is 12.7. The summed E-state index contributed by atoms with van der Waals surface area (Å²) in [5.74, 6) is 0.208. The molecular weight excluding hydrogens is 320 g/mol. The number of carbonyl (C=O) groups excluding carboxylic acids is 1. The lowest BCUT2D eigenvalue weighted by atomic mass is 10.1. The summed E-state index contributed by atoms with van der Waals surface area (Å²) in [7, 11) is 0. The number of amides is 1. The van der Waals surface area contributed by atoms with Gasteiger partial charge in [-0.25, -0.2) is 9.97 Å². The molecule has 1 N–H and O–H groups in total. The lowest BCUT2D eigenvalue weighted by molar-refractivity contribution is -0.384. The van der Waals surface area contributed by atoms with Gasteiger partial charge in [0.25, 0.3) is 11.6 Å². The number of para-hydroxylation sites is 1. The molecule has 1 unspecified atom stereocenters. The molecule has 7 nitrogen and oxygen atoms in total. The van der Waals surface area contributed by atoms with Crippen LogP contribution in [0.2, 0.25) is 0 Å². The Morgan fingerprint density at radius 3 is 2.48 bits per heavy atom. The van der Waals surface area contributed by atoms with Gasteiger partial charge < -0.3 is 5.32 Å². The Bertz CT molecular complexity index is 954. The number of nitrogens with one attached hydrogen (secondary N) is 1. The van der Waals surface area contributed by atoms with Gasteiger partial charge in [-0.2, -0.15) is 0 Å². The van der Waals surface area contributed by atoms with E-state index in [1.54, 1.807) is 25.1 Å². The van der Waals surface area contributed by atoms with Crippen LogP contribution in [0.3, 0.4) is 0 Å². The molecule has 3 rings (SSSR count). The molecule has 0 saturated heterocycles. The molecule has 0 radical (unpaired) electrons. The summed E-state index contributed by atoms with van der Waals surface area (Å²) in [4.78, 5) is 31.5. The van der Waals surface area contributed by atoms with Gasteiger partial charge >= 0.3 is 0 Å². The molecule has 0 aliphatic heterocycles. The van der Waals surface area contributed by atoms with E-state index in [9.17, 15) is 14.9 Å². The maximum Gasteiger partial charge on any atom is 0.271 e. The van der Waals surface area contributed by atoms with E-state index in [0.29, 0.717) is 22.4 Å². The number of benzene rings is 2. The largest absolute Gasteiger partial charge is 0.344 e. The second-order valence-corrected chi connectivity index (χ2v) is 5.68. The zero-order valence-electron chi connectivity index (χ0n) is 13.8. The van der Waals surface area contributed by atoms with E-state index >= 15 is 0 Å². The highest BCUT2D eigenvalue weighted by molar-refractivity contribution is 6.04. The van der Waals surface area contributed by atoms with E-state index < -0.39 is 4.92 Å². The molecule has 3 aromatic rings. The first kappa shape index (κ1) is 16.5. The molecule has 0 bridgehead atoms. The maximum atomic E-state index is 12.7. The highest BCUT2D eigenvalue weighted by atomic mass is 16.6. The summed E-state index contributed by atoms with van der Waals surface area (Å²) in [6.07, 6.45) is 0. The van der Waals surface area contributed by atoms with Crippen molar-refractivity contribution in [3.8, 4) is 0 Å². The van der Waals surface area contributed by atoms with Crippen LogP contribution in [0.1, 0.15) is 34.8 Å². The molecule has 7 heteroatoms. The summed E-state index contributed by atoms with van der Waals surface area (Å²) >= 11 is 0. The third-order valence-electron chi connectivity index (χ3n) is 3.88. The predicted molar refractivity (Wildman–Crippen MR) is 93.3 cm³/mol. The van der Waals surface area contributed by atoms with Crippen LogP contribution in [-0.2, 0) is 0 Å². The standard InChI is InChI=1S/C18H16N4O3/c1-11(13-7-9-14(10-8-13)22(24)25)19-18(23)17-15-5-3-4-6-16(15)20-12(2)21-17/h3-11H,1-2H3,(H,19,23). The van der Waals surface area contributed by atoms with Gasteiger partial charge in [0.05, 0.1) is 16.5 Å². The Morgan fingerprint density at radius 1 is 1.12 bits per heavy atom. The highest BCUT2D eigenvalue weighted by Gasteiger charge is 2.17. The monoisotopic (exact) mass is 336 g/mol. The van der Waals surface area contributed by atoms with Gasteiger partial charge in [0, 0.05) is 17.5 Å². The topological polar surface area (TPSA) is 98.0 Å². The van der Waals surface area contributed by atoms with Crippen molar-refractivity contribution < 1.29 is 9.72 Å². The van der Waals surface area contributed by atoms with E-state index in [1.807, 2.05) is 25.1 Å². The Labute approximate surface area is 143 Å². The molecule has 0 fully saturated rings. The quantitative estimate of drug-likeness (QED) is 0.582. The zero-order valence-corrected chi connectivity index (χ0v) is 13.8. The molecule has 0 aliphatic carbocycles. The number of aryl methyl sites for hydroxylation is 1. The minimum absolute atomic E-state index is 0.0136. The minimum atomic E-state index is -0.456. The number of nitro benzene ring substituents is 1. The fourth-order valence-electron chi connectivity index (χ4n) is 2.60. The smallest absolute Gasteiger partial charge is 0.271 e. The average molecular weight is 336 g/mol. The Morgan fingerprint density at radius 2 is 1.80 bits per heavy atom. The second kappa shape index (κ2) is 6.64. The van der Waals surface area contributed by atoms with E-state index in [0.717, 1.165) is 5.56 Å². The fraction of sp³-hybridized carbons (Fsp3) is 0.167. The number of carbonyl (C=O) groups is 1. The van der Waals surface area contributed by atoms with Crippen molar-refractivity contribution in [2.45, 2.75) is 19.9 Å². The van der Waals surface area contributed by atoms with Crippen molar-refractivity contribution in [3.63, 3.8) is 0 Å². The van der Waals surface area contributed by atoms with Crippen LogP contribution in [0.15, 0.2) is 48.5 Å². The number of nitro groups is 1. The van der Waals surface area contributed by atoms with E-state index in [1.165, 1.54) is 12.1 Å². The summed E-state index contributed by atoms with van der Waals surface area (Å²) < 4.78 is 0. The fourth-order valence-corrected chi connectivity index (χ4v) is 2.60. The van der Waals surface area contributed by atoms with Crippen LogP contribution in [0.4, 0.5) is 5.69 Å². The lowest BCUT2D eigenvalue weighted by Crippen LogP contribution is -2.28. The van der Waals surface area contributed by atoms with Gasteiger partial charge in [-0.3, -0.25) is 14.9 Å². The number of hydrogen-bond donors (Lipinski definition) is 1. The first-order valence-electron chi connectivity index (χ1n) is 7.74. The molecule has 25 heavy (non-hydrogen) atoms. The SMILES string of the molecule is Cc1nc(C(=O)NC(C)c2ccc([N+](=O)[O-])cc2)c2ccccc2n1. The minimum Gasteiger partial charge on any atom is -0.344 e. The van der Waals surface area contributed by atoms with Crippen molar-refractivity contribution >= 4 is 22.5 Å². The van der Waals surface area contributed by atoms with Crippen LogP contribution in [0, 0.1) is 17.0 Å². The van der Waals surface area contributed by atoms with Gasteiger partial charge in [-0.15, -0.1) is 0 Å². The highest BCUT2D eigenvalue weighted by Crippen LogP contribution is 2.20.